The van der Waals surface area contributed by atoms with E-state index in [1.165, 1.54) is 64.2 Å². The minimum atomic E-state index is -6.55. The van der Waals surface area contributed by atoms with Gasteiger partial charge in [-0.15, -0.1) is 21.9 Å². The predicted molar refractivity (Wildman–Crippen MR) is 193 cm³/mol. The summed E-state index contributed by atoms with van der Waals surface area (Å²) in [5, 5.41) is 2.76. The van der Waals surface area contributed by atoms with Gasteiger partial charge in [-0.3, -0.25) is 0 Å². The van der Waals surface area contributed by atoms with Gasteiger partial charge in [0.05, 0.1) is 11.1 Å². The summed E-state index contributed by atoms with van der Waals surface area (Å²) in [5.41, 5.74) is -17.4. The second-order valence-corrected chi connectivity index (χ2v) is 16.6. The fraction of sp³-hybridized carbons (Fsp3) is 0.429. The first-order valence-corrected chi connectivity index (χ1v) is 19.2. The van der Waals surface area contributed by atoms with Gasteiger partial charge in [0.1, 0.15) is 52.7 Å². The molecule has 0 unspecified atom stereocenters. The predicted octanol–water partition coefficient (Wildman–Crippen LogP) is 9.52. The van der Waals surface area contributed by atoms with Crippen LogP contribution in [-0.2, 0) is 0 Å². The molecule has 0 heterocycles. The van der Waals surface area contributed by atoms with Crippen LogP contribution in [0.4, 0.5) is 70.2 Å². The lowest BCUT2D eigenvalue weighted by Crippen LogP contribution is -3.05. The van der Waals surface area contributed by atoms with Crippen molar-refractivity contribution in [3.63, 3.8) is 0 Å². The average molecular weight is 874 g/mol. The van der Waals surface area contributed by atoms with E-state index in [4.69, 9.17) is 0 Å². The first-order chi connectivity index (χ1) is 27.8. The molecule has 0 atom stereocenters. The van der Waals surface area contributed by atoms with E-state index in [2.05, 4.69) is 19.2 Å². The van der Waals surface area contributed by atoms with Gasteiger partial charge in [0, 0.05) is 47.9 Å². The minimum Gasteiger partial charge on any atom is -0.337 e. The van der Waals surface area contributed by atoms with E-state index in [0.29, 0.717) is 38.8 Å². The summed E-state index contributed by atoms with van der Waals surface area (Å²) in [4.78, 5) is 0. The van der Waals surface area contributed by atoms with Crippen molar-refractivity contribution < 1.29 is 75.6 Å². The maximum absolute atomic E-state index is 15.8. The van der Waals surface area contributed by atoms with Crippen molar-refractivity contribution in [2.75, 3.05) is 0 Å². The first-order valence-electron chi connectivity index (χ1n) is 19.2. The zero-order chi connectivity index (χ0) is 45.1. The largest absolute Gasteiger partial charge is 0.337 e. The fourth-order valence-electron chi connectivity index (χ4n) is 9.27. The summed E-state index contributed by atoms with van der Waals surface area (Å²) in [5.74, 6) is -45.7. The molecule has 2 aliphatic carbocycles. The number of halogens is 16. The van der Waals surface area contributed by atoms with Crippen LogP contribution in [0.15, 0.2) is 0 Å². The molecule has 0 spiro atoms. The lowest BCUT2D eigenvalue weighted by molar-refractivity contribution is -0.789. The zero-order valence-corrected chi connectivity index (χ0v) is 33.3. The maximum Gasteiger partial charge on any atom is 0.161 e. The second-order valence-electron chi connectivity index (χ2n) is 16.6. The van der Waals surface area contributed by atoms with Crippen LogP contribution < -0.4 is 27.2 Å². The Morgan fingerprint density at radius 2 is 0.467 bits per heavy atom. The molecule has 4 aromatic rings. The number of benzene rings is 4. The molecule has 2 aliphatic rings. The van der Waals surface area contributed by atoms with E-state index < -0.39 is 143 Å². The van der Waals surface area contributed by atoms with Gasteiger partial charge in [0.2, 0.25) is 0 Å². The van der Waals surface area contributed by atoms with Crippen LogP contribution in [-0.4, -0.2) is 17.2 Å². The molecular weight excluding hydrogens is 833 g/mol. The van der Waals surface area contributed by atoms with Crippen molar-refractivity contribution in [1.82, 2.24) is 0 Å². The molecule has 2 N–H and O–H groups in total. The highest BCUT2D eigenvalue weighted by Crippen LogP contribution is 2.32. The van der Waals surface area contributed by atoms with Crippen LogP contribution >= 0.6 is 0 Å². The molecule has 0 amide bonds. The van der Waals surface area contributed by atoms with Crippen molar-refractivity contribution in [2.45, 2.75) is 117 Å². The Hall–Kier alpha value is -4.22. The Morgan fingerprint density at radius 1 is 0.300 bits per heavy atom. The van der Waals surface area contributed by atoms with Crippen LogP contribution in [0.3, 0.4) is 0 Å². The van der Waals surface area contributed by atoms with E-state index in [1.54, 1.807) is 0 Å². The summed E-state index contributed by atoms with van der Waals surface area (Å²) in [6, 6.07) is 0. The van der Waals surface area contributed by atoms with Gasteiger partial charge in [-0.1, -0.05) is 12.8 Å². The van der Waals surface area contributed by atoms with Gasteiger partial charge < -0.3 is 5.32 Å². The standard InChI is InChI=1S/C28H12BF16.C14H27N/c1-5-13(30)21(38)9(22(39)14(5)31)29(10-23(40)15(32)6(2)16(33)24(10)41,11-25(42)17(34)7(3)18(35)26(11)43)12-27(44)19(36)8(4)20(37)28(12)45;1-13(9-5-3-6-10-13)15-14(2)11-7-4-8-12-14/h1-4H3;15H,3-12H2,1-2H3/q-1;/p+1. The summed E-state index contributed by atoms with van der Waals surface area (Å²) < 4.78 is 247. The van der Waals surface area contributed by atoms with E-state index >= 15 is 70.2 Å². The Labute approximate surface area is 335 Å². The summed E-state index contributed by atoms with van der Waals surface area (Å²) in [6.45, 7) is 6.18. The van der Waals surface area contributed by atoms with Crippen molar-refractivity contribution in [3.05, 3.63) is 115 Å². The highest BCUT2D eigenvalue weighted by molar-refractivity contribution is 7.20. The molecule has 0 radical (unpaired) electrons. The van der Waals surface area contributed by atoms with Crippen molar-refractivity contribution in [3.8, 4) is 0 Å². The molecule has 4 aromatic carbocycles. The number of nitrogens with two attached hydrogens (primary N) is 1. The Bertz CT molecular complexity index is 1940. The number of hydrogen-bond acceptors (Lipinski definition) is 0. The molecule has 0 bridgehead atoms. The Kier molecular flexibility index (Phi) is 13.2. The second kappa shape index (κ2) is 16.9. The summed E-state index contributed by atoms with van der Waals surface area (Å²) in [7, 11) is 0. The molecule has 60 heavy (non-hydrogen) atoms. The molecule has 1 nitrogen and oxygen atoms in total. The quantitative estimate of drug-likeness (QED) is 0.113. The highest BCUT2D eigenvalue weighted by atomic mass is 19.2. The van der Waals surface area contributed by atoms with Gasteiger partial charge in [0.15, 0.2) is 46.5 Å². The Balaban J connectivity index is 0.000000379. The van der Waals surface area contributed by atoms with Crippen LogP contribution in [0.25, 0.3) is 0 Å². The van der Waals surface area contributed by atoms with Crippen LogP contribution in [0, 0.1) is 121 Å². The highest BCUT2D eigenvalue weighted by Gasteiger charge is 2.51. The molecule has 328 valence electrons. The average Bonchev–Trinajstić information content (AvgIpc) is 3.21. The molecular formula is C42H40BF16N. The van der Waals surface area contributed by atoms with Crippen LogP contribution in [0.5, 0.6) is 0 Å². The van der Waals surface area contributed by atoms with Gasteiger partial charge >= 0.3 is 0 Å². The number of hydrogen-bond donors (Lipinski definition) is 1. The third kappa shape index (κ3) is 7.45. The SMILES string of the molecule is CC1([NH2+]C2(C)CCCCC2)CCCCC1.Cc1c(F)c(F)c([B-](c2c(F)c(F)c(C)c(F)c2F)(c2c(F)c(F)c(C)c(F)c2F)c2c(F)c(F)c(C)c(F)c2F)c(F)c1F. The van der Waals surface area contributed by atoms with Gasteiger partial charge in [-0.25, -0.2) is 70.2 Å². The fourth-order valence-corrected chi connectivity index (χ4v) is 9.27. The third-order valence-corrected chi connectivity index (χ3v) is 12.5. The number of rotatable bonds is 6. The van der Waals surface area contributed by atoms with Gasteiger partial charge in [-0.2, -0.15) is 0 Å². The third-order valence-electron chi connectivity index (χ3n) is 12.5. The van der Waals surface area contributed by atoms with E-state index in [9.17, 15) is 0 Å². The molecule has 0 aromatic heterocycles. The molecule has 2 saturated carbocycles. The molecule has 2 fully saturated rings. The van der Waals surface area contributed by atoms with Crippen molar-refractivity contribution >= 4 is 28.0 Å². The maximum atomic E-state index is 15.8. The molecule has 0 aliphatic heterocycles. The smallest absolute Gasteiger partial charge is 0.161 e. The van der Waals surface area contributed by atoms with Gasteiger partial charge in [0.25, 0.3) is 0 Å². The van der Waals surface area contributed by atoms with Crippen molar-refractivity contribution in [2.24, 2.45) is 0 Å². The monoisotopic (exact) mass is 873 g/mol. The van der Waals surface area contributed by atoms with Crippen LogP contribution in [0.2, 0.25) is 0 Å². The lowest BCUT2D eigenvalue weighted by Gasteiger charge is -2.45. The van der Waals surface area contributed by atoms with Gasteiger partial charge in [-0.05, 0) is 67.2 Å². The van der Waals surface area contributed by atoms with Crippen molar-refractivity contribution in [1.29, 1.82) is 0 Å². The summed E-state index contributed by atoms with van der Waals surface area (Å²) >= 11 is 0. The normalized spacial score (nSPS) is 16.5. The van der Waals surface area contributed by atoms with E-state index in [0.717, 1.165) is 0 Å². The molecule has 6 rings (SSSR count). The minimum absolute atomic E-state index is 0.292. The molecule has 18 heteroatoms. The van der Waals surface area contributed by atoms with Crippen LogP contribution in [0.1, 0.15) is 100 Å². The topological polar surface area (TPSA) is 16.6 Å². The molecule has 0 saturated heterocycles. The van der Waals surface area contributed by atoms with E-state index in [-0.39, 0.29) is 0 Å². The summed E-state index contributed by atoms with van der Waals surface area (Å²) in [6.07, 6.45) is 8.03. The first kappa shape index (κ1) is 46.8. The number of quaternary nitrogens is 1. The Morgan fingerprint density at radius 3 is 0.633 bits per heavy atom. The lowest BCUT2D eigenvalue weighted by atomic mass is 9.12. The zero-order valence-electron chi connectivity index (χ0n) is 33.3. The van der Waals surface area contributed by atoms with E-state index in [1.807, 2.05) is 0 Å².